The lowest BCUT2D eigenvalue weighted by Gasteiger charge is -2.09. The Morgan fingerprint density at radius 1 is 1.06 bits per heavy atom. The van der Waals surface area contributed by atoms with Crippen molar-refractivity contribution in [3.05, 3.63) is 88.1 Å². The van der Waals surface area contributed by atoms with Crippen LogP contribution in [0.3, 0.4) is 0 Å². The highest BCUT2D eigenvalue weighted by molar-refractivity contribution is 6.31. The van der Waals surface area contributed by atoms with Gasteiger partial charge in [0.25, 0.3) is 0 Å². The van der Waals surface area contributed by atoms with Crippen molar-refractivity contribution in [2.75, 3.05) is 6.79 Å². The fraction of sp³-hybridized carbons (Fsp3) is 0.125. The zero-order valence-electron chi connectivity index (χ0n) is 16.4. The molecule has 0 aliphatic carbocycles. The minimum Gasteiger partial charge on any atom is -0.489 e. The van der Waals surface area contributed by atoms with E-state index in [1.54, 1.807) is 12.1 Å². The van der Waals surface area contributed by atoms with Gasteiger partial charge < -0.3 is 24.3 Å². The van der Waals surface area contributed by atoms with Crippen LogP contribution in [0.25, 0.3) is 10.9 Å². The van der Waals surface area contributed by atoms with Gasteiger partial charge in [-0.2, -0.15) is 0 Å². The average molecular weight is 436 g/mol. The quantitative estimate of drug-likeness (QED) is 0.422. The minimum atomic E-state index is -1.03. The predicted molar refractivity (Wildman–Crippen MR) is 116 cm³/mol. The van der Waals surface area contributed by atoms with E-state index in [9.17, 15) is 9.90 Å². The van der Waals surface area contributed by atoms with Gasteiger partial charge in [-0.05, 0) is 41.0 Å². The number of carboxylic acid groups (broad SMARTS) is 1. The molecule has 0 spiro atoms. The number of carboxylic acids is 1. The lowest BCUT2D eigenvalue weighted by atomic mass is 10.0. The summed E-state index contributed by atoms with van der Waals surface area (Å²) in [6, 6.07) is 18.9. The van der Waals surface area contributed by atoms with E-state index in [1.165, 1.54) is 0 Å². The molecule has 0 unspecified atom stereocenters. The van der Waals surface area contributed by atoms with Crippen molar-refractivity contribution in [3.8, 4) is 17.2 Å². The van der Waals surface area contributed by atoms with Gasteiger partial charge in [-0.1, -0.05) is 41.9 Å². The molecule has 31 heavy (non-hydrogen) atoms. The van der Waals surface area contributed by atoms with E-state index >= 15 is 0 Å². The van der Waals surface area contributed by atoms with Crippen LogP contribution in [0.5, 0.6) is 17.2 Å². The summed E-state index contributed by atoms with van der Waals surface area (Å²) >= 11 is 6.44. The molecule has 5 rings (SSSR count). The van der Waals surface area contributed by atoms with Crippen molar-refractivity contribution in [2.45, 2.75) is 13.0 Å². The molecule has 0 radical (unpaired) electrons. The normalized spacial score (nSPS) is 12.3. The van der Waals surface area contributed by atoms with Gasteiger partial charge in [0, 0.05) is 28.4 Å². The standard InChI is InChI=1S/C24H18ClNO5/c25-19-11-22-21(30-13-31-22)9-15(19)8-18-17-10-16(29-12-14-4-2-1-3-5-14)6-7-20(17)26-23(18)24(27)28/h1-7,9-11,26H,8,12-13H2,(H,27,28). The molecule has 1 aliphatic heterocycles. The second kappa shape index (κ2) is 7.89. The second-order valence-electron chi connectivity index (χ2n) is 7.24. The summed E-state index contributed by atoms with van der Waals surface area (Å²) in [6.45, 7) is 0.566. The number of aromatic nitrogens is 1. The molecule has 2 heterocycles. The monoisotopic (exact) mass is 435 g/mol. The summed E-state index contributed by atoms with van der Waals surface area (Å²) in [6.07, 6.45) is 0.319. The first-order valence-electron chi connectivity index (χ1n) is 9.71. The van der Waals surface area contributed by atoms with Crippen LogP contribution < -0.4 is 14.2 Å². The zero-order chi connectivity index (χ0) is 21.4. The molecule has 0 atom stereocenters. The fourth-order valence-electron chi connectivity index (χ4n) is 3.71. The number of nitrogens with one attached hydrogen (secondary N) is 1. The smallest absolute Gasteiger partial charge is 0.352 e. The molecular formula is C24H18ClNO5. The molecular weight excluding hydrogens is 418 g/mol. The summed E-state index contributed by atoms with van der Waals surface area (Å²) in [5.74, 6) is 0.811. The zero-order valence-corrected chi connectivity index (χ0v) is 17.1. The number of hydrogen-bond acceptors (Lipinski definition) is 4. The first-order valence-corrected chi connectivity index (χ1v) is 10.1. The van der Waals surface area contributed by atoms with Crippen molar-refractivity contribution in [1.82, 2.24) is 4.98 Å². The van der Waals surface area contributed by atoms with Crippen LogP contribution >= 0.6 is 11.6 Å². The average Bonchev–Trinajstić information content (AvgIpc) is 3.37. The maximum Gasteiger partial charge on any atom is 0.352 e. The van der Waals surface area contributed by atoms with E-state index < -0.39 is 5.97 Å². The van der Waals surface area contributed by atoms with Crippen molar-refractivity contribution in [2.24, 2.45) is 0 Å². The van der Waals surface area contributed by atoms with Gasteiger partial charge in [-0.15, -0.1) is 0 Å². The number of H-pyrrole nitrogens is 1. The minimum absolute atomic E-state index is 0.129. The molecule has 4 aromatic rings. The number of benzene rings is 3. The first kappa shape index (κ1) is 19.3. The third kappa shape index (κ3) is 3.78. The maximum absolute atomic E-state index is 11.9. The van der Waals surface area contributed by atoms with Crippen molar-refractivity contribution < 1.29 is 24.1 Å². The van der Waals surface area contributed by atoms with E-state index in [1.807, 2.05) is 48.5 Å². The predicted octanol–water partition coefficient (Wildman–Crippen LogP) is 5.42. The molecule has 0 bridgehead atoms. The summed E-state index contributed by atoms with van der Waals surface area (Å²) in [7, 11) is 0. The van der Waals surface area contributed by atoms with E-state index in [4.69, 9.17) is 25.8 Å². The number of hydrogen-bond donors (Lipinski definition) is 2. The third-order valence-electron chi connectivity index (χ3n) is 5.25. The van der Waals surface area contributed by atoms with Gasteiger partial charge >= 0.3 is 5.97 Å². The highest BCUT2D eigenvalue weighted by Gasteiger charge is 2.22. The number of rotatable bonds is 6. The van der Waals surface area contributed by atoms with Crippen molar-refractivity contribution in [3.63, 3.8) is 0 Å². The number of halogens is 1. The lowest BCUT2D eigenvalue weighted by molar-refractivity contribution is 0.0690. The SMILES string of the molecule is O=C(O)c1[nH]c2ccc(OCc3ccccc3)cc2c1Cc1cc2c(cc1Cl)OCO2. The Hall–Kier alpha value is -3.64. The summed E-state index contributed by atoms with van der Waals surface area (Å²) in [5, 5.41) is 11.0. The first-order chi connectivity index (χ1) is 15.1. The number of carbonyl (C=O) groups is 1. The van der Waals surface area contributed by atoms with Crippen molar-refractivity contribution >= 4 is 28.5 Å². The maximum atomic E-state index is 11.9. The summed E-state index contributed by atoms with van der Waals surface area (Å²) in [4.78, 5) is 14.9. The van der Waals surface area contributed by atoms with E-state index in [2.05, 4.69) is 4.98 Å². The van der Waals surface area contributed by atoms with Crippen LogP contribution in [0.2, 0.25) is 5.02 Å². The Labute approximate surface area is 182 Å². The van der Waals surface area contributed by atoms with Crippen LogP contribution in [0.15, 0.2) is 60.7 Å². The molecule has 6 nitrogen and oxygen atoms in total. The van der Waals surface area contributed by atoms with Crippen LogP contribution in [0, 0.1) is 0 Å². The van der Waals surface area contributed by atoms with E-state index in [-0.39, 0.29) is 12.5 Å². The van der Waals surface area contributed by atoms with Gasteiger partial charge in [-0.3, -0.25) is 0 Å². The Bertz CT molecular complexity index is 1280. The number of aromatic carboxylic acids is 1. The Kier molecular flexibility index (Phi) is 4.92. The Morgan fingerprint density at radius 2 is 1.84 bits per heavy atom. The largest absolute Gasteiger partial charge is 0.489 e. The van der Waals surface area contributed by atoms with Gasteiger partial charge in [-0.25, -0.2) is 4.79 Å². The topological polar surface area (TPSA) is 80.8 Å². The molecule has 0 saturated carbocycles. The molecule has 1 aromatic heterocycles. The molecule has 3 aromatic carbocycles. The molecule has 156 valence electrons. The number of aromatic amines is 1. The Balaban J connectivity index is 1.51. The lowest BCUT2D eigenvalue weighted by Crippen LogP contribution is -2.02. The van der Waals surface area contributed by atoms with Crippen LogP contribution in [0.1, 0.15) is 27.2 Å². The summed E-state index contributed by atoms with van der Waals surface area (Å²) in [5.41, 5.74) is 3.29. The fourth-order valence-corrected chi connectivity index (χ4v) is 3.93. The van der Waals surface area contributed by atoms with Crippen LogP contribution in [0.4, 0.5) is 0 Å². The van der Waals surface area contributed by atoms with Crippen LogP contribution in [-0.2, 0) is 13.0 Å². The highest BCUT2D eigenvalue weighted by atomic mass is 35.5. The molecule has 2 N–H and O–H groups in total. The molecule has 0 amide bonds. The van der Waals surface area contributed by atoms with Gasteiger partial charge in [0.15, 0.2) is 11.5 Å². The number of fused-ring (bicyclic) bond motifs is 2. The van der Waals surface area contributed by atoms with E-state index in [0.717, 1.165) is 22.0 Å². The van der Waals surface area contributed by atoms with E-state index in [0.29, 0.717) is 40.9 Å². The van der Waals surface area contributed by atoms with Gasteiger partial charge in [0.1, 0.15) is 18.1 Å². The van der Waals surface area contributed by atoms with Crippen molar-refractivity contribution in [1.29, 1.82) is 0 Å². The second-order valence-corrected chi connectivity index (χ2v) is 7.65. The highest BCUT2D eigenvalue weighted by Crippen LogP contribution is 2.39. The third-order valence-corrected chi connectivity index (χ3v) is 5.60. The number of ether oxygens (including phenoxy) is 3. The van der Waals surface area contributed by atoms with Crippen LogP contribution in [-0.4, -0.2) is 22.9 Å². The van der Waals surface area contributed by atoms with Gasteiger partial charge in [0.2, 0.25) is 6.79 Å². The molecule has 7 heteroatoms. The summed E-state index contributed by atoms with van der Waals surface area (Å²) < 4.78 is 16.7. The molecule has 1 aliphatic rings. The molecule has 0 fully saturated rings. The molecule has 0 saturated heterocycles. The van der Waals surface area contributed by atoms with Gasteiger partial charge in [0.05, 0.1) is 0 Å². The Morgan fingerprint density at radius 3 is 2.61 bits per heavy atom.